The van der Waals surface area contributed by atoms with E-state index in [1.54, 1.807) is 0 Å². The van der Waals surface area contributed by atoms with Gasteiger partial charge in [-0.1, -0.05) is 0 Å². The lowest BCUT2D eigenvalue weighted by atomic mass is 10.2. The minimum Gasteiger partial charge on any atom is -0.379 e. The number of hydrogen-bond donors (Lipinski definition) is 1. The monoisotopic (exact) mass is 241 g/mol. The summed E-state index contributed by atoms with van der Waals surface area (Å²) in [6.07, 6.45) is -5.92. The first-order chi connectivity index (χ1) is 7.34. The molecule has 1 fully saturated rings. The average molecular weight is 241 g/mol. The molecule has 0 unspecified atom stereocenters. The molecule has 0 amide bonds. The van der Waals surface area contributed by atoms with Crippen LogP contribution in [0.15, 0.2) is 0 Å². The Morgan fingerprint density at radius 3 is 1.88 bits per heavy atom. The Balaban J connectivity index is 0.000000315. The standard InChI is InChI=1S/C5H5F3O2.C4H9NO/c1-3(9)2-4(10)5(6,7)8;1-3-6-4-2-5-1/h2H2,1H3;5H,1-4H2. The van der Waals surface area contributed by atoms with Crippen molar-refractivity contribution in [3.63, 3.8) is 0 Å². The number of ketones is 2. The molecule has 0 aromatic heterocycles. The van der Waals surface area contributed by atoms with Crippen LogP contribution in [0, 0.1) is 0 Å². The fraction of sp³-hybridized carbons (Fsp3) is 0.778. The maximum absolute atomic E-state index is 11.3. The van der Waals surface area contributed by atoms with Crippen LogP contribution in [0.2, 0.25) is 0 Å². The van der Waals surface area contributed by atoms with E-state index in [2.05, 4.69) is 5.32 Å². The fourth-order valence-electron chi connectivity index (χ4n) is 0.842. The molecule has 1 rings (SSSR count). The van der Waals surface area contributed by atoms with E-state index in [9.17, 15) is 22.8 Å². The Kier molecular flexibility index (Phi) is 6.91. The van der Waals surface area contributed by atoms with Gasteiger partial charge in [-0.25, -0.2) is 0 Å². The molecule has 1 aliphatic heterocycles. The summed E-state index contributed by atoms with van der Waals surface area (Å²) in [5.41, 5.74) is 0. The van der Waals surface area contributed by atoms with E-state index in [-0.39, 0.29) is 0 Å². The van der Waals surface area contributed by atoms with E-state index < -0.39 is 24.2 Å². The van der Waals surface area contributed by atoms with Gasteiger partial charge in [0.25, 0.3) is 0 Å². The first-order valence-electron chi connectivity index (χ1n) is 4.72. The number of halogens is 3. The van der Waals surface area contributed by atoms with E-state index >= 15 is 0 Å². The van der Waals surface area contributed by atoms with Crippen LogP contribution >= 0.6 is 0 Å². The largest absolute Gasteiger partial charge is 0.450 e. The molecule has 1 heterocycles. The van der Waals surface area contributed by atoms with E-state index in [1.165, 1.54) is 0 Å². The number of carbonyl (C=O) groups excluding carboxylic acids is 2. The van der Waals surface area contributed by atoms with Gasteiger partial charge in [0.2, 0.25) is 5.78 Å². The predicted octanol–water partition coefficient (Wildman–Crippen LogP) is 0.703. The summed E-state index contributed by atoms with van der Waals surface area (Å²) in [4.78, 5) is 19.9. The number of hydrogen-bond acceptors (Lipinski definition) is 4. The van der Waals surface area contributed by atoms with Crippen molar-refractivity contribution in [3.8, 4) is 0 Å². The molecule has 0 atom stereocenters. The molecule has 0 spiro atoms. The molecule has 1 aliphatic rings. The fourth-order valence-corrected chi connectivity index (χ4v) is 0.842. The number of morpholine rings is 1. The zero-order chi connectivity index (χ0) is 12.6. The van der Waals surface area contributed by atoms with E-state index in [4.69, 9.17) is 4.74 Å². The quantitative estimate of drug-likeness (QED) is 0.723. The molecule has 0 aromatic carbocycles. The topological polar surface area (TPSA) is 55.4 Å². The van der Waals surface area contributed by atoms with Crippen LogP contribution in [0.25, 0.3) is 0 Å². The van der Waals surface area contributed by atoms with Crippen molar-refractivity contribution in [3.05, 3.63) is 0 Å². The number of nitrogens with one attached hydrogen (secondary N) is 1. The zero-order valence-corrected chi connectivity index (χ0v) is 8.89. The molecule has 0 aliphatic carbocycles. The van der Waals surface area contributed by atoms with Crippen LogP contribution in [0.4, 0.5) is 13.2 Å². The smallest absolute Gasteiger partial charge is 0.379 e. The number of rotatable bonds is 2. The van der Waals surface area contributed by atoms with Gasteiger partial charge >= 0.3 is 6.18 Å². The Bertz CT molecular complexity index is 225. The highest BCUT2D eigenvalue weighted by Gasteiger charge is 2.38. The minimum atomic E-state index is -4.87. The summed E-state index contributed by atoms with van der Waals surface area (Å²) in [5.74, 6) is -2.76. The molecule has 0 bridgehead atoms. The van der Waals surface area contributed by atoms with Crippen LogP contribution in [-0.4, -0.2) is 44.0 Å². The second-order valence-electron chi connectivity index (χ2n) is 3.16. The van der Waals surface area contributed by atoms with Crippen LogP contribution in [0.3, 0.4) is 0 Å². The van der Waals surface area contributed by atoms with Crippen LogP contribution < -0.4 is 5.32 Å². The second-order valence-corrected chi connectivity index (χ2v) is 3.16. The number of ether oxygens (including phenoxy) is 1. The van der Waals surface area contributed by atoms with Gasteiger partial charge in [0.15, 0.2) is 0 Å². The van der Waals surface area contributed by atoms with E-state index in [0.717, 1.165) is 33.2 Å². The Labute approximate surface area is 91.1 Å². The highest BCUT2D eigenvalue weighted by molar-refractivity contribution is 6.00. The van der Waals surface area contributed by atoms with Crippen molar-refractivity contribution in [2.24, 2.45) is 0 Å². The van der Waals surface area contributed by atoms with Crippen molar-refractivity contribution in [1.82, 2.24) is 5.32 Å². The molecule has 0 saturated carbocycles. The van der Waals surface area contributed by atoms with Gasteiger partial charge < -0.3 is 10.1 Å². The molecule has 4 nitrogen and oxygen atoms in total. The lowest BCUT2D eigenvalue weighted by Gasteiger charge is -2.10. The highest BCUT2D eigenvalue weighted by atomic mass is 19.4. The molecule has 0 radical (unpaired) electrons. The van der Waals surface area contributed by atoms with Crippen molar-refractivity contribution < 1.29 is 27.5 Å². The minimum absolute atomic E-state index is 0.776. The Hall–Kier alpha value is -0.950. The van der Waals surface area contributed by atoms with Crippen molar-refractivity contribution in [2.75, 3.05) is 26.3 Å². The van der Waals surface area contributed by atoms with Crippen molar-refractivity contribution >= 4 is 11.6 Å². The summed E-state index contributed by atoms with van der Waals surface area (Å²) < 4.78 is 38.9. The maximum Gasteiger partial charge on any atom is 0.450 e. The molecule has 0 aromatic rings. The van der Waals surface area contributed by atoms with Crippen molar-refractivity contribution in [1.29, 1.82) is 0 Å². The predicted molar refractivity (Wildman–Crippen MR) is 50.0 cm³/mol. The SMILES string of the molecule is C1COCCN1.CC(=O)CC(=O)C(F)(F)F. The lowest BCUT2D eigenvalue weighted by molar-refractivity contribution is -0.171. The summed E-state index contributed by atoms with van der Waals surface area (Å²) in [7, 11) is 0. The van der Waals surface area contributed by atoms with Crippen molar-refractivity contribution in [2.45, 2.75) is 19.5 Å². The summed E-state index contributed by atoms with van der Waals surface area (Å²) in [5, 5.41) is 3.16. The Morgan fingerprint density at radius 2 is 1.75 bits per heavy atom. The van der Waals surface area contributed by atoms with Crippen LogP contribution in [-0.2, 0) is 14.3 Å². The third kappa shape index (κ3) is 8.37. The first-order valence-corrected chi connectivity index (χ1v) is 4.72. The molecule has 1 saturated heterocycles. The summed E-state index contributed by atoms with van der Waals surface area (Å²) in [6, 6.07) is 0. The zero-order valence-electron chi connectivity index (χ0n) is 8.89. The molecular formula is C9H14F3NO3. The van der Waals surface area contributed by atoms with Crippen LogP contribution in [0.5, 0.6) is 0 Å². The van der Waals surface area contributed by atoms with E-state index in [0.29, 0.717) is 0 Å². The second kappa shape index (κ2) is 7.34. The number of alkyl halides is 3. The number of Topliss-reactive ketones (excluding diaryl/α,β-unsaturated/α-hetero) is 2. The van der Waals surface area contributed by atoms with Gasteiger partial charge in [-0.2, -0.15) is 13.2 Å². The average Bonchev–Trinajstić information content (AvgIpc) is 2.19. The first kappa shape index (κ1) is 15.0. The molecular weight excluding hydrogens is 227 g/mol. The Morgan fingerprint density at radius 1 is 1.25 bits per heavy atom. The summed E-state index contributed by atoms with van der Waals surface area (Å²) >= 11 is 0. The molecule has 1 N–H and O–H groups in total. The third-order valence-corrected chi connectivity index (χ3v) is 1.57. The molecule has 94 valence electrons. The molecule has 7 heteroatoms. The highest BCUT2D eigenvalue weighted by Crippen LogP contribution is 2.17. The van der Waals surface area contributed by atoms with Gasteiger partial charge in [0.05, 0.1) is 19.6 Å². The molecule has 16 heavy (non-hydrogen) atoms. The van der Waals surface area contributed by atoms with Gasteiger partial charge in [-0.05, 0) is 6.92 Å². The van der Waals surface area contributed by atoms with Gasteiger partial charge in [0.1, 0.15) is 5.78 Å². The van der Waals surface area contributed by atoms with Gasteiger partial charge in [-0.15, -0.1) is 0 Å². The maximum atomic E-state index is 11.3. The van der Waals surface area contributed by atoms with Crippen LogP contribution in [0.1, 0.15) is 13.3 Å². The number of carbonyl (C=O) groups is 2. The lowest BCUT2D eigenvalue weighted by Crippen LogP contribution is -2.30. The van der Waals surface area contributed by atoms with E-state index in [1.807, 2.05) is 0 Å². The normalized spacial score (nSPS) is 16.0. The summed E-state index contributed by atoms with van der Waals surface area (Å²) in [6.45, 7) is 4.77. The van der Waals surface area contributed by atoms with Gasteiger partial charge in [0, 0.05) is 13.1 Å². The van der Waals surface area contributed by atoms with Gasteiger partial charge in [-0.3, -0.25) is 9.59 Å². The third-order valence-electron chi connectivity index (χ3n) is 1.57.